The first-order chi connectivity index (χ1) is 8.77. The summed E-state index contributed by atoms with van der Waals surface area (Å²) in [7, 11) is 2.06. The van der Waals surface area contributed by atoms with E-state index in [9.17, 15) is 0 Å². The molecule has 1 aromatic rings. The zero-order chi connectivity index (χ0) is 13.0. The zero-order valence-corrected chi connectivity index (χ0v) is 14.1. The van der Waals surface area contributed by atoms with Gasteiger partial charge in [0.05, 0.1) is 22.4 Å². The Hall–Kier alpha value is 0.350. The first-order valence-corrected chi connectivity index (χ1v) is 9.35. The predicted molar refractivity (Wildman–Crippen MR) is 85.6 cm³/mol. The second kappa shape index (κ2) is 7.22. The molecule has 1 aromatic heterocycles. The molecule has 1 fully saturated rings. The summed E-state index contributed by atoms with van der Waals surface area (Å²) in [6.45, 7) is 3.18. The first-order valence-electron chi connectivity index (χ1n) is 6.35. The standard InChI is InChI=1S/C12H20BrN3S2/c1-3-4-16-12(9(13)7-15-16)11(14-2)10-8-17-5-6-18-10/h7,10-11,14H,3-6,8H2,1-2H3. The highest BCUT2D eigenvalue weighted by atomic mass is 79.9. The SMILES string of the molecule is CCCn1ncc(Br)c1C(NC)C1CSCCS1. The van der Waals surface area contributed by atoms with Gasteiger partial charge in [-0.15, -0.1) is 0 Å². The van der Waals surface area contributed by atoms with Gasteiger partial charge in [0, 0.05) is 29.1 Å². The quantitative estimate of drug-likeness (QED) is 0.884. The van der Waals surface area contributed by atoms with Gasteiger partial charge in [-0.2, -0.15) is 28.6 Å². The van der Waals surface area contributed by atoms with Gasteiger partial charge in [0.15, 0.2) is 0 Å². The van der Waals surface area contributed by atoms with Gasteiger partial charge in [-0.25, -0.2) is 0 Å². The monoisotopic (exact) mass is 349 g/mol. The summed E-state index contributed by atoms with van der Waals surface area (Å²) >= 11 is 7.80. The minimum absolute atomic E-state index is 0.381. The fourth-order valence-electron chi connectivity index (χ4n) is 2.27. The molecule has 3 nitrogen and oxygen atoms in total. The van der Waals surface area contributed by atoms with Crippen LogP contribution in [-0.2, 0) is 6.54 Å². The van der Waals surface area contributed by atoms with Gasteiger partial charge < -0.3 is 5.32 Å². The molecule has 2 atom stereocenters. The van der Waals surface area contributed by atoms with Crippen LogP contribution >= 0.6 is 39.5 Å². The fraction of sp³-hybridized carbons (Fsp3) is 0.750. The molecule has 0 spiro atoms. The van der Waals surface area contributed by atoms with E-state index in [-0.39, 0.29) is 0 Å². The van der Waals surface area contributed by atoms with Crippen molar-refractivity contribution in [1.82, 2.24) is 15.1 Å². The van der Waals surface area contributed by atoms with Crippen LogP contribution in [0.15, 0.2) is 10.7 Å². The number of aromatic nitrogens is 2. The van der Waals surface area contributed by atoms with E-state index in [0.717, 1.165) is 17.4 Å². The number of nitrogens with one attached hydrogen (secondary N) is 1. The molecule has 2 rings (SSSR count). The van der Waals surface area contributed by atoms with Crippen molar-refractivity contribution in [3.63, 3.8) is 0 Å². The highest BCUT2D eigenvalue weighted by Gasteiger charge is 2.29. The van der Waals surface area contributed by atoms with Crippen molar-refractivity contribution in [3.8, 4) is 0 Å². The van der Waals surface area contributed by atoms with E-state index in [4.69, 9.17) is 0 Å². The van der Waals surface area contributed by atoms with Crippen LogP contribution in [0.5, 0.6) is 0 Å². The molecule has 0 aliphatic carbocycles. The van der Waals surface area contributed by atoms with E-state index in [1.807, 2.05) is 6.20 Å². The Morgan fingerprint density at radius 3 is 3.06 bits per heavy atom. The third kappa shape index (κ3) is 3.26. The van der Waals surface area contributed by atoms with Gasteiger partial charge in [0.1, 0.15) is 0 Å². The topological polar surface area (TPSA) is 29.9 Å². The van der Waals surface area contributed by atoms with Crippen LogP contribution in [0.1, 0.15) is 25.1 Å². The molecular weight excluding hydrogens is 330 g/mol. The molecule has 1 aliphatic heterocycles. The number of hydrogen-bond acceptors (Lipinski definition) is 4. The molecule has 2 heterocycles. The number of aryl methyl sites for hydroxylation is 1. The lowest BCUT2D eigenvalue weighted by atomic mass is 10.1. The minimum Gasteiger partial charge on any atom is -0.311 e. The number of hydrogen-bond donors (Lipinski definition) is 1. The Balaban J connectivity index is 2.22. The lowest BCUT2D eigenvalue weighted by molar-refractivity contribution is 0.496. The van der Waals surface area contributed by atoms with Crippen LogP contribution in [-0.4, -0.2) is 39.3 Å². The molecule has 1 saturated heterocycles. The number of rotatable bonds is 5. The summed E-state index contributed by atoms with van der Waals surface area (Å²) in [5, 5.41) is 8.61. The van der Waals surface area contributed by atoms with E-state index in [2.05, 4.69) is 68.5 Å². The van der Waals surface area contributed by atoms with Crippen molar-refractivity contribution in [3.05, 3.63) is 16.4 Å². The van der Waals surface area contributed by atoms with E-state index in [0.29, 0.717) is 11.3 Å². The smallest absolute Gasteiger partial charge is 0.0707 e. The summed E-state index contributed by atoms with van der Waals surface area (Å²) in [6, 6.07) is 0.381. The molecule has 1 N–H and O–H groups in total. The molecule has 0 amide bonds. The Bertz CT molecular complexity index is 377. The van der Waals surface area contributed by atoms with Crippen LogP contribution in [0, 0.1) is 0 Å². The summed E-state index contributed by atoms with van der Waals surface area (Å²) in [5.41, 5.74) is 1.30. The molecule has 0 bridgehead atoms. The van der Waals surface area contributed by atoms with Gasteiger partial charge in [0.2, 0.25) is 0 Å². The molecular formula is C12H20BrN3S2. The Labute approximate surface area is 126 Å². The van der Waals surface area contributed by atoms with Crippen molar-refractivity contribution in [2.75, 3.05) is 24.3 Å². The molecule has 102 valence electrons. The maximum Gasteiger partial charge on any atom is 0.0707 e. The van der Waals surface area contributed by atoms with E-state index < -0.39 is 0 Å². The lowest BCUT2D eigenvalue weighted by Gasteiger charge is -2.30. The molecule has 2 unspecified atom stereocenters. The van der Waals surface area contributed by atoms with Crippen LogP contribution in [0.4, 0.5) is 0 Å². The van der Waals surface area contributed by atoms with Gasteiger partial charge in [0.25, 0.3) is 0 Å². The van der Waals surface area contributed by atoms with Crippen molar-refractivity contribution in [2.24, 2.45) is 0 Å². The van der Waals surface area contributed by atoms with Crippen molar-refractivity contribution in [2.45, 2.75) is 31.2 Å². The first kappa shape index (κ1) is 14.8. The normalized spacial score (nSPS) is 22.1. The Morgan fingerprint density at radius 1 is 1.61 bits per heavy atom. The predicted octanol–water partition coefficient (Wildman–Crippen LogP) is 3.16. The number of thioether (sulfide) groups is 2. The summed E-state index contributed by atoms with van der Waals surface area (Å²) in [5.74, 6) is 3.76. The molecule has 0 saturated carbocycles. The summed E-state index contributed by atoms with van der Waals surface area (Å²) in [4.78, 5) is 0. The van der Waals surface area contributed by atoms with E-state index in [1.54, 1.807) is 0 Å². The number of nitrogens with zero attached hydrogens (tertiary/aromatic N) is 2. The lowest BCUT2D eigenvalue weighted by Crippen LogP contribution is -2.33. The molecule has 6 heteroatoms. The fourth-order valence-corrected chi connectivity index (χ4v) is 5.69. The van der Waals surface area contributed by atoms with Crippen molar-refractivity contribution >= 4 is 39.5 Å². The van der Waals surface area contributed by atoms with Gasteiger partial charge in [-0.3, -0.25) is 4.68 Å². The van der Waals surface area contributed by atoms with Crippen LogP contribution in [0.2, 0.25) is 0 Å². The average Bonchev–Trinajstić information content (AvgIpc) is 2.75. The van der Waals surface area contributed by atoms with Gasteiger partial charge >= 0.3 is 0 Å². The summed E-state index contributed by atoms with van der Waals surface area (Å²) < 4.78 is 3.27. The van der Waals surface area contributed by atoms with E-state index in [1.165, 1.54) is 23.0 Å². The Morgan fingerprint density at radius 2 is 2.44 bits per heavy atom. The second-order valence-corrected chi connectivity index (χ2v) is 7.70. The van der Waals surface area contributed by atoms with Gasteiger partial charge in [-0.05, 0) is 29.4 Å². The molecule has 18 heavy (non-hydrogen) atoms. The van der Waals surface area contributed by atoms with Crippen LogP contribution in [0.25, 0.3) is 0 Å². The van der Waals surface area contributed by atoms with Crippen LogP contribution < -0.4 is 5.32 Å². The Kier molecular flexibility index (Phi) is 5.92. The van der Waals surface area contributed by atoms with Crippen molar-refractivity contribution < 1.29 is 0 Å². The highest BCUT2D eigenvalue weighted by molar-refractivity contribution is 9.10. The summed E-state index contributed by atoms with van der Waals surface area (Å²) in [6.07, 6.45) is 3.04. The average molecular weight is 350 g/mol. The largest absolute Gasteiger partial charge is 0.311 e. The molecule has 1 aliphatic rings. The third-order valence-electron chi connectivity index (χ3n) is 3.09. The maximum atomic E-state index is 4.48. The third-order valence-corrected chi connectivity index (χ3v) is 6.56. The van der Waals surface area contributed by atoms with Gasteiger partial charge in [-0.1, -0.05) is 6.92 Å². The molecule has 0 radical (unpaired) electrons. The van der Waals surface area contributed by atoms with Crippen molar-refractivity contribution in [1.29, 1.82) is 0 Å². The maximum absolute atomic E-state index is 4.48. The van der Waals surface area contributed by atoms with E-state index >= 15 is 0 Å². The highest BCUT2D eigenvalue weighted by Crippen LogP contribution is 2.36. The molecule has 0 aromatic carbocycles. The van der Waals surface area contributed by atoms with Crippen LogP contribution in [0.3, 0.4) is 0 Å². The second-order valence-electron chi connectivity index (χ2n) is 4.35. The minimum atomic E-state index is 0.381. The number of halogens is 1. The zero-order valence-electron chi connectivity index (χ0n) is 10.9.